The van der Waals surface area contributed by atoms with Gasteiger partial charge in [-0.05, 0) is 62.4 Å². The molecule has 5 rings (SSSR count). The van der Waals surface area contributed by atoms with Crippen LogP contribution in [0.4, 0.5) is 24.7 Å². The number of methoxy groups -OCH3 is 1. The summed E-state index contributed by atoms with van der Waals surface area (Å²) in [5.41, 5.74) is 1.45. The maximum absolute atomic E-state index is 13.2. The van der Waals surface area contributed by atoms with Crippen molar-refractivity contribution in [1.82, 2.24) is 23.7 Å². The summed E-state index contributed by atoms with van der Waals surface area (Å²) in [5, 5.41) is 8.13. The van der Waals surface area contributed by atoms with E-state index in [0.717, 1.165) is 33.8 Å². The molecule has 3 aromatic heterocycles. The summed E-state index contributed by atoms with van der Waals surface area (Å²) in [7, 11) is -2.66. The summed E-state index contributed by atoms with van der Waals surface area (Å²) in [6.45, 7) is 4.03. The first-order chi connectivity index (χ1) is 18.5. The van der Waals surface area contributed by atoms with Gasteiger partial charge >= 0.3 is 12.2 Å². The van der Waals surface area contributed by atoms with Gasteiger partial charge in [0.1, 0.15) is 5.82 Å². The van der Waals surface area contributed by atoms with Crippen LogP contribution in [-0.2, 0) is 16.2 Å². The lowest BCUT2D eigenvalue weighted by atomic mass is 10.2. The molecule has 5 aromatic rings. The molecule has 0 spiro atoms. The van der Waals surface area contributed by atoms with Gasteiger partial charge in [0, 0.05) is 41.1 Å². The van der Waals surface area contributed by atoms with E-state index in [1.165, 1.54) is 13.3 Å². The van der Waals surface area contributed by atoms with Crippen LogP contribution in [0.15, 0.2) is 78.1 Å². The van der Waals surface area contributed by atoms with Gasteiger partial charge in [-0.15, -0.1) is 0 Å². The monoisotopic (exact) mass is 556 g/mol. The van der Waals surface area contributed by atoms with Crippen LogP contribution in [0.5, 0.6) is 6.01 Å². The number of halogens is 3. The fourth-order valence-electron chi connectivity index (χ4n) is 3.96. The van der Waals surface area contributed by atoms with Gasteiger partial charge in [0.2, 0.25) is 0 Å². The highest BCUT2D eigenvalue weighted by molar-refractivity contribution is 7.90. The number of alkyl halides is 3. The van der Waals surface area contributed by atoms with Crippen LogP contribution in [-0.4, -0.2) is 39.2 Å². The summed E-state index contributed by atoms with van der Waals surface area (Å²) in [4.78, 5) is 8.50. The molecular weight excluding hydrogens is 533 g/mol. The van der Waals surface area contributed by atoms with E-state index in [4.69, 9.17) is 4.74 Å². The summed E-state index contributed by atoms with van der Waals surface area (Å²) in [5.74, 6) is 0.449. The van der Waals surface area contributed by atoms with Gasteiger partial charge in [-0.1, -0.05) is 0 Å². The largest absolute Gasteiger partial charge is 0.467 e. The highest BCUT2D eigenvalue weighted by atomic mass is 32.2. The molecule has 0 aliphatic heterocycles. The molecule has 0 aliphatic rings. The van der Waals surface area contributed by atoms with Crippen molar-refractivity contribution in [1.29, 1.82) is 0 Å². The lowest BCUT2D eigenvalue weighted by Gasteiger charge is -2.11. The van der Waals surface area contributed by atoms with Gasteiger partial charge in [0.15, 0.2) is 0 Å². The van der Waals surface area contributed by atoms with E-state index in [9.17, 15) is 21.6 Å². The van der Waals surface area contributed by atoms with E-state index in [-0.39, 0.29) is 16.9 Å². The fourth-order valence-corrected chi connectivity index (χ4v) is 5.32. The van der Waals surface area contributed by atoms with Crippen molar-refractivity contribution in [3.05, 3.63) is 78.8 Å². The standard InChI is InChI=1S/C26H23F3N6O3S/c1-16(2)34-15-18(14-30-34)22-13-24(33-25(32-22)38-3)31-20-6-9-23-17(12-20)10-11-35(23)39(36,37)21-7-4-19(5-8-21)26(27,28)29/h4-16H,1-3H3,(H,31,32,33). The topological polar surface area (TPSA) is 104 Å². The minimum atomic E-state index is -4.56. The quantitative estimate of drug-likeness (QED) is 0.267. The third-order valence-electron chi connectivity index (χ3n) is 5.98. The maximum atomic E-state index is 13.2. The van der Waals surface area contributed by atoms with E-state index >= 15 is 0 Å². The number of hydrogen-bond acceptors (Lipinski definition) is 7. The number of aromatic nitrogens is 5. The average molecular weight is 557 g/mol. The van der Waals surface area contributed by atoms with Gasteiger partial charge in [-0.25, -0.2) is 12.4 Å². The van der Waals surface area contributed by atoms with Crippen LogP contribution in [0, 0.1) is 0 Å². The SMILES string of the molecule is COc1nc(Nc2ccc3c(ccn3S(=O)(=O)c3ccc(C(F)(F)F)cc3)c2)cc(-c2cnn(C(C)C)c2)n1. The highest BCUT2D eigenvalue weighted by Crippen LogP contribution is 2.31. The van der Waals surface area contributed by atoms with E-state index < -0.39 is 21.8 Å². The molecule has 0 aliphatic carbocycles. The smallest absolute Gasteiger partial charge is 0.416 e. The molecule has 0 unspecified atom stereocenters. The molecule has 0 bridgehead atoms. The fraction of sp³-hybridized carbons (Fsp3) is 0.192. The van der Waals surface area contributed by atoms with Gasteiger partial charge in [0.25, 0.3) is 10.0 Å². The Balaban J connectivity index is 1.44. The van der Waals surface area contributed by atoms with E-state index in [2.05, 4.69) is 20.4 Å². The van der Waals surface area contributed by atoms with Crippen molar-refractivity contribution in [2.24, 2.45) is 0 Å². The minimum Gasteiger partial charge on any atom is -0.467 e. The summed E-state index contributed by atoms with van der Waals surface area (Å²) < 4.78 is 73.1. The lowest BCUT2D eigenvalue weighted by molar-refractivity contribution is -0.137. The lowest BCUT2D eigenvalue weighted by Crippen LogP contribution is -2.12. The molecule has 1 N–H and O–H groups in total. The van der Waals surface area contributed by atoms with E-state index in [1.807, 2.05) is 24.7 Å². The number of nitrogens with one attached hydrogen (secondary N) is 1. The Labute approximate surface area is 221 Å². The van der Waals surface area contributed by atoms with Crippen molar-refractivity contribution < 1.29 is 26.3 Å². The zero-order valence-corrected chi connectivity index (χ0v) is 21.8. The van der Waals surface area contributed by atoms with Gasteiger partial charge in [0.05, 0.1) is 35.0 Å². The van der Waals surface area contributed by atoms with Crippen molar-refractivity contribution in [2.75, 3.05) is 12.4 Å². The number of ether oxygens (including phenoxy) is 1. The molecule has 0 saturated carbocycles. The van der Waals surface area contributed by atoms with Crippen LogP contribution >= 0.6 is 0 Å². The first kappa shape index (κ1) is 26.2. The number of anilines is 2. The van der Waals surface area contributed by atoms with Crippen molar-refractivity contribution in [3.8, 4) is 17.3 Å². The van der Waals surface area contributed by atoms with Crippen LogP contribution < -0.4 is 10.1 Å². The van der Waals surface area contributed by atoms with E-state index in [0.29, 0.717) is 28.1 Å². The van der Waals surface area contributed by atoms with Crippen molar-refractivity contribution in [2.45, 2.75) is 31.0 Å². The molecule has 0 amide bonds. The summed E-state index contributed by atoms with van der Waals surface area (Å²) in [6.07, 6.45) is 0.384. The maximum Gasteiger partial charge on any atom is 0.416 e. The number of fused-ring (bicyclic) bond motifs is 1. The number of benzene rings is 2. The second-order valence-corrected chi connectivity index (χ2v) is 10.8. The van der Waals surface area contributed by atoms with Crippen LogP contribution in [0.25, 0.3) is 22.2 Å². The first-order valence-corrected chi connectivity index (χ1v) is 13.2. The number of hydrogen-bond donors (Lipinski definition) is 1. The second-order valence-electron chi connectivity index (χ2n) is 8.97. The molecule has 0 fully saturated rings. The molecule has 0 atom stereocenters. The molecule has 0 radical (unpaired) electrons. The van der Waals surface area contributed by atoms with Gasteiger partial charge in [-0.2, -0.15) is 28.2 Å². The molecule has 39 heavy (non-hydrogen) atoms. The van der Waals surface area contributed by atoms with Crippen LogP contribution in [0.3, 0.4) is 0 Å². The van der Waals surface area contributed by atoms with Crippen LogP contribution in [0.2, 0.25) is 0 Å². The Morgan fingerprint density at radius 1 is 1.00 bits per heavy atom. The van der Waals surface area contributed by atoms with Gasteiger partial charge in [-0.3, -0.25) is 4.68 Å². The van der Waals surface area contributed by atoms with Crippen molar-refractivity contribution >= 4 is 32.4 Å². The Morgan fingerprint density at radius 3 is 2.38 bits per heavy atom. The van der Waals surface area contributed by atoms with Crippen LogP contribution in [0.1, 0.15) is 25.5 Å². The van der Waals surface area contributed by atoms with Crippen molar-refractivity contribution in [3.63, 3.8) is 0 Å². The first-order valence-electron chi connectivity index (χ1n) is 11.7. The summed E-state index contributed by atoms with van der Waals surface area (Å²) in [6, 6.07) is 12.1. The zero-order valence-electron chi connectivity index (χ0n) is 21.0. The Morgan fingerprint density at radius 2 is 1.74 bits per heavy atom. The third-order valence-corrected chi connectivity index (χ3v) is 7.68. The molecule has 3 heterocycles. The minimum absolute atomic E-state index is 0.155. The average Bonchev–Trinajstić information content (AvgIpc) is 3.56. The second kappa shape index (κ2) is 9.73. The summed E-state index contributed by atoms with van der Waals surface area (Å²) >= 11 is 0. The predicted octanol–water partition coefficient (Wildman–Crippen LogP) is 5.88. The molecule has 2 aromatic carbocycles. The highest BCUT2D eigenvalue weighted by Gasteiger charge is 2.31. The molecule has 0 saturated heterocycles. The number of nitrogens with zero attached hydrogens (tertiary/aromatic N) is 5. The van der Waals surface area contributed by atoms with E-state index in [1.54, 1.807) is 36.5 Å². The molecule has 13 heteroatoms. The Kier molecular flexibility index (Phi) is 6.54. The molecular formula is C26H23F3N6O3S. The predicted molar refractivity (Wildman–Crippen MR) is 139 cm³/mol. The third kappa shape index (κ3) is 5.17. The number of rotatable bonds is 7. The Hall–Kier alpha value is -4.39. The van der Waals surface area contributed by atoms with Gasteiger partial charge < -0.3 is 10.1 Å². The Bertz CT molecular complexity index is 1760. The molecule has 202 valence electrons. The molecule has 9 nitrogen and oxygen atoms in total. The normalized spacial score (nSPS) is 12.3. The zero-order chi connectivity index (χ0) is 27.9.